The predicted molar refractivity (Wildman–Crippen MR) is 76.6 cm³/mol. The lowest BCUT2D eigenvalue weighted by Crippen LogP contribution is -2.51. The average Bonchev–Trinajstić information content (AvgIpc) is 2.96. The second-order valence-corrected chi connectivity index (χ2v) is 5.96. The van der Waals surface area contributed by atoms with Gasteiger partial charge in [0, 0.05) is 26.1 Å². The van der Waals surface area contributed by atoms with Crippen LogP contribution in [-0.4, -0.2) is 58.4 Å². The second kappa shape index (κ2) is 6.91. The third-order valence-electron chi connectivity index (χ3n) is 4.40. The molecule has 2 aliphatic heterocycles. The molecule has 1 N–H and O–H groups in total. The Hall–Kier alpha value is -1.59. The van der Waals surface area contributed by atoms with Crippen LogP contribution in [0.25, 0.3) is 0 Å². The molecule has 21 heavy (non-hydrogen) atoms. The Morgan fingerprint density at radius 3 is 2.52 bits per heavy atom. The van der Waals surface area contributed by atoms with Crippen molar-refractivity contribution in [2.45, 2.75) is 51.5 Å². The summed E-state index contributed by atoms with van der Waals surface area (Å²) in [7, 11) is 0. The van der Waals surface area contributed by atoms with Crippen LogP contribution in [-0.2, 0) is 14.4 Å². The first-order valence-electron chi connectivity index (χ1n) is 7.85. The molecule has 2 atom stereocenters. The molecule has 0 aromatic rings. The fourth-order valence-corrected chi connectivity index (χ4v) is 3.27. The van der Waals surface area contributed by atoms with Crippen molar-refractivity contribution in [2.75, 3.05) is 19.6 Å². The van der Waals surface area contributed by atoms with Crippen molar-refractivity contribution in [1.29, 1.82) is 0 Å². The Bertz CT molecular complexity index is 424. The number of carboxylic acids is 1. The van der Waals surface area contributed by atoms with Gasteiger partial charge < -0.3 is 14.9 Å². The maximum atomic E-state index is 12.6. The van der Waals surface area contributed by atoms with Crippen molar-refractivity contribution in [2.24, 2.45) is 5.92 Å². The van der Waals surface area contributed by atoms with Gasteiger partial charge in [0.2, 0.25) is 11.8 Å². The van der Waals surface area contributed by atoms with Gasteiger partial charge in [-0.3, -0.25) is 14.4 Å². The Balaban J connectivity index is 2.01. The van der Waals surface area contributed by atoms with Crippen molar-refractivity contribution >= 4 is 17.8 Å². The summed E-state index contributed by atoms with van der Waals surface area (Å²) >= 11 is 0. The monoisotopic (exact) mass is 296 g/mol. The summed E-state index contributed by atoms with van der Waals surface area (Å²) in [6.07, 6.45) is 4.15. The van der Waals surface area contributed by atoms with Gasteiger partial charge >= 0.3 is 5.97 Å². The van der Waals surface area contributed by atoms with E-state index in [0.29, 0.717) is 32.4 Å². The summed E-state index contributed by atoms with van der Waals surface area (Å²) in [6.45, 7) is 3.48. The first-order valence-corrected chi connectivity index (χ1v) is 7.85. The highest BCUT2D eigenvalue weighted by molar-refractivity contribution is 5.88. The van der Waals surface area contributed by atoms with Crippen LogP contribution >= 0.6 is 0 Å². The van der Waals surface area contributed by atoms with Crippen molar-refractivity contribution in [3.8, 4) is 0 Å². The van der Waals surface area contributed by atoms with E-state index < -0.39 is 11.9 Å². The van der Waals surface area contributed by atoms with Crippen LogP contribution in [0, 0.1) is 5.92 Å². The van der Waals surface area contributed by atoms with Gasteiger partial charge in [0.25, 0.3) is 0 Å². The van der Waals surface area contributed by atoms with E-state index in [1.54, 1.807) is 9.80 Å². The number of aliphatic carboxylic acids is 1. The van der Waals surface area contributed by atoms with E-state index in [1.165, 1.54) is 0 Å². The van der Waals surface area contributed by atoms with Crippen LogP contribution < -0.4 is 0 Å². The van der Waals surface area contributed by atoms with Gasteiger partial charge in [-0.15, -0.1) is 0 Å². The first-order chi connectivity index (χ1) is 10.0. The van der Waals surface area contributed by atoms with Crippen molar-refractivity contribution < 1.29 is 19.5 Å². The first kappa shape index (κ1) is 15.8. The summed E-state index contributed by atoms with van der Waals surface area (Å²) < 4.78 is 0. The lowest BCUT2D eigenvalue weighted by molar-refractivity contribution is -0.149. The van der Waals surface area contributed by atoms with Crippen LogP contribution in [0.5, 0.6) is 0 Å². The molecule has 6 nitrogen and oxygen atoms in total. The van der Waals surface area contributed by atoms with Gasteiger partial charge in [-0.1, -0.05) is 6.92 Å². The predicted octanol–water partition coefficient (Wildman–Crippen LogP) is 1.10. The summed E-state index contributed by atoms with van der Waals surface area (Å²) in [5.74, 6) is -1.33. The number of hydrogen-bond acceptors (Lipinski definition) is 3. The molecule has 0 aromatic carbocycles. The molecular weight excluding hydrogens is 272 g/mol. The van der Waals surface area contributed by atoms with Crippen molar-refractivity contribution in [3.05, 3.63) is 0 Å². The molecule has 6 heteroatoms. The Kier molecular flexibility index (Phi) is 5.20. The van der Waals surface area contributed by atoms with Crippen LogP contribution in [0.2, 0.25) is 0 Å². The molecule has 2 heterocycles. The zero-order chi connectivity index (χ0) is 15.4. The Morgan fingerprint density at radius 1 is 1.14 bits per heavy atom. The molecule has 2 rings (SSSR count). The number of amides is 2. The molecule has 0 aromatic heterocycles. The molecular formula is C15H24N2O4. The second-order valence-electron chi connectivity index (χ2n) is 5.96. The van der Waals surface area contributed by atoms with Gasteiger partial charge in [0.05, 0.1) is 5.92 Å². The summed E-state index contributed by atoms with van der Waals surface area (Å²) in [6, 6.07) is -0.378. The quantitative estimate of drug-likeness (QED) is 0.842. The molecule has 0 spiro atoms. The minimum atomic E-state index is -0.835. The van der Waals surface area contributed by atoms with Crippen molar-refractivity contribution in [1.82, 2.24) is 9.80 Å². The maximum absolute atomic E-state index is 12.6. The molecule has 0 saturated carbocycles. The fourth-order valence-electron chi connectivity index (χ4n) is 3.27. The lowest BCUT2D eigenvalue weighted by atomic mass is 9.97. The summed E-state index contributed by atoms with van der Waals surface area (Å²) in [4.78, 5) is 39.1. The zero-order valence-corrected chi connectivity index (χ0v) is 12.6. The molecule has 0 unspecified atom stereocenters. The van der Waals surface area contributed by atoms with E-state index in [4.69, 9.17) is 5.11 Å². The molecule has 2 saturated heterocycles. The third-order valence-corrected chi connectivity index (χ3v) is 4.40. The largest absolute Gasteiger partial charge is 0.481 e. The number of carbonyl (C=O) groups is 3. The van der Waals surface area contributed by atoms with Crippen molar-refractivity contribution in [3.63, 3.8) is 0 Å². The Labute approximate surface area is 125 Å². The van der Waals surface area contributed by atoms with Crippen LogP contribution in [0.3, 0.4) is 0 Å². The molecule has 118 valence electrons. The SMILES string of the molecule is CCCC(=O)N1CCC[C@@H]1C(=O)N1CCC[C@H](C(=O)O)C1. The number of nitrogens with zero attached hydrogens (tertiary/aromatic N) is 2. The van der Waals surface area contributed by atoms with E-state index in [-0.39, 0.29) is 24.4 Å². The standard InChI is InChI=1S/C15H24N2O4/c1-2-5-13(18)17-9-4-7-12(17)14(19)16-8-3-6-11(10-16)15(20)21/h11-12H,2-10H2,1H3,(H,20,21)/t11-,12+/m0/s1. The number of hydrogen-bond donors (Lipinski definition) is 1. The molecule has 0 aliphatic carbocycles. The van der Waals surface area contributed by atoms with E-state index in [9.17, 15) is 14.4 Å². The van der Waals surface area contributed by atoms with E-state index in [1.807, 2.05) is 6.92 Å². The third kappa shape index (κ3) is 3.54. The smallest absolute Gasteiger partial charge is 0.308 e. The zero-order valence-electron chi connectivity index (χ0n) is 12.6. The molecule has 2 amide bonds. The number of likely N-dealkylation sites (tertiary alicyclic amines) is 2. The number of carboxylic acid groups (broad SMARTS) is 1. The average molecular weight is 296 g/mol. The fraction of sp³-hybridized carbons (Fsp3) is 0.800. The van der Waals surface area contributed by atoms with E-state index in [0.717, 1.165) is 19.3 Å². The highest BCUT2D eigenvalue weighted by Crippen LogP contribution is 2.24. The Morgan fingerprint density at radius 2 is 1.86 bits per heavy atom. The molecule has 0 radical (unpaired) electrons. The normalized spacial score (nSPS) is 26.0. The van der Waals surface area contributed by atoms with Gasteiger partial charge in [-0.2, -0.15) is 0 Å². The highest BCUT2D eigenvalue weighted by Gasteiger charge is 2.38. The van der Waals surface area contributed by atoms with Gasteiger partial charge in [-0.25, -0.2) is 0 Å². The summed E-state index contributed by atoms with van der Waals surface area (Å²) in [5.41, 5.74) is 0. The molecule has 2 aliphatic rings. The lowest BCUT2D eigenvalue weighted by Gasteiger charge is -2.34. The topological polar surface area (TPSA) is 77.9 Å². The van der Waals surface area contributed by atoms with Crippen LogP contribution in [0.4, 0.5) is 0 Å². The van der Waals surface area contributed by atoms with Gasteiger partial charge in [0.1, 0.15) is 6.04 Å². The van der Waals surface area contributed by atoms with E-state index >= 15 is 0 Å². The minimum absolute atomic E-state index is 0.0418. The maximum Gasteiger partial charge on any atom is 0.308 e. The number of carbonyl (C=O) groups excluding carboxylic acids is 2. The minimum Gasteiger partial charge on any atom is -0.481 e. The van der Waals surface area contributed by atoms with Crippen LogP contribution in [0.1, 0.15) is 45.4 Å². The number of piperidine rings is 1. The van der Waals surface area contributed by atoms with E-state index in [2.05, 4.69) is 0 Å². The molecule has 2 fully saturated rings. The van der Waals surface area contributed by atoms with Gasteiger partial charge in [-0.05, 0) is 32.1 Å². The summed E-state index contributed by atoms with van der Waals surface area (Å²) in [5, 5.41) is 9.11. The van der Waals surface area contributed by atoms with Crippen LogP contribution in [0.15, 0.2) is 0 Å². The van der Waals surface area contributed by atoms with Gasteiger partial charge in [0.15, 0.2) is 0 Å². The number of rotatable bonds is 4. The molecule has 0 bridgehead atoms. The highest BCUT2D eigenvalue weighted by atomic mass is 16.4.